The molecule has 3 heterocycles. The van der Waals surface area contributed by atoms with E-state index in [2.05, 4.69) is 12.2 Å². The third-order valence-corrected chi connectivity index (χ3v) is 6.78. The molecule has 0 bridgehead atoms. The molecular formula is C20H27N3O2S. The fourth-order valence-electron chi connectivity index (χ4n) is 4.43. The summed E-state index contributed by atoms with van der Waals surface area (Å²) in [5.74, 6) is -0.0308. The van der Waals surface area contributed by atoms with E-state index in [9.17, 15) is 9.59 Å². The van der Waals surface area contributed by atoms with Crippen molar-refractivity contribution in [2.45, 2.75) is 70.5 Å². The van der Waals surface area contributed by atoms with Crippen molar-refractivity contribution in [2.24, 2.45) is 0 Å². The number of hydrogen-bond donors (Lipinski definition) is 1. The number of rotatable bonds is 4. The average molecular weight is 374 g/mol. The van der Waals surface area contributed by atoms with E-state index in [0.717, 1.165) is 29.5 Å². The molecule has 1 saturated carbocycles. The van der Waals surface area contributed by atoms with Crippen LogP contribution in [0.25, 0.3) is 10.2 Å². The molecule has 0 saturated heterocycles. The van der Waals surface area contributed by atoms with Crippen LogP contribution in [0.15, 0.2) is 17.5 Å². The van der Waals surface area contributed by atoms with Crippen LogP contribution in [0.5, 0.6) is 0 Å². The van der Waals surface area contributed by atoms with Gasteiger partial charge in [0.25, 0.3) is 5.91 Å². The second-order valence-electron chi connectivity index (χ2n) is 7.82. The monoisotopic (exact) mass is 373 g/mol. The molecule has 26 heavy (non-hydrogen) atoms. The number of hydrogen-bond acceptors (Lipinski definition) is 3. The molecular weight excluding hydrogens is 346 g/mol. The zero-order valence-electron chi connectivity index (χ0n) is 15.6. The summed E-state index contributed by atoms with van der Waals surface area (Å²) in [7, 11) is 0. The van der Waals surface area contributed by atoms with Gasteiger partial charge in [-0.05, 0) is 43.7 Å². The average Bonchev–Trinajstić information content (AvgIpc) is 3.22. The summed E-state index contributed by atoms with van der Waals surface area (Å²) < 4.78 is 3.16. The molecule has 0 spiro atoms. The Kier molecular flexibility index (Phi) is 4.55. The van der Waals surface area contributed by atoms with Crippen molar-refractivity contribution in [1.29, 1.82) is 0 Å². The van der Waals surface area contributed by atoms with Crippen molar-refractivity contribution < 1.29 is 9.59 Å². The highest BCUT2D eigenvalue weighted by molar-refractivity contribution is 7.17. The van der Waals surface area contributed by atoms with Crippen molar-refractivity contribution in [3.8, 4) is 0 Å². The molecule has 2 aromatic heterocycles. The second-order valence-corrected chi connectivity index (χ2v) is 8.77. The van der Waals surface area contributed by atoms with Crippen LogP contribution < -0.4 is 5.32 Å². The number of nitrogens with one attached hydrogen (secondary N) is 1. The summed E-state index contributed by atoms with van der Waals surface area (Å²) in [4.78, 5) is 28.3. The van der Waals surface area contributed by atoms with Crippen molar-refractivity contribution in [1.82, 2.24) is 14.8 Å². The number of thiophene rings is 1. The molecule has 4 rings (SSSR count). The van der Waals surface area contributed by atoms with Crippen molar-refractivity contribution in [3.05, 3.63) is 23.2 Å². The van der Waals surface area contributed by atoms with Gasteiger partial charge in [-0.3, -0.25) is 9.59 Å². The van der Waals surface area contributed by atoms with Gasteiger partial charge in [0.15, 0.2) is 0 Å². The fraction of sp³-hybridized carbons (Fsp3) is 0.600. The Labute approximate surface area is 158 Å². The van der Waals surface area contributed by atoms with E-state index < -0.39 is 5.54 Å². The van der Waals surface area contributed by atoms with Crippen LogP contribution in [0, 0.1) is 0 Å². The van der Waals surface area contributed by atoms with Gasteiger partial charge in [0.05, 0.1) is 16.8 Å². The Balaban J connectivity index is 1.68. The van der Waals surface area contributed by atoms with E-state index >= 15 is 0 Å². The predicted molar refractivity (Wildman–Crippen MR) is 105 cm³/mol. The molecule has 1 fully saturated rings. The number of carbonyl (C=O) groups excluding carboxylic acids is 2. The van der Waals surface area contributed by atoms with Crippen molar-refractivity contribution >= 4 is 33.4 Å². The van der Waals surface area contributed by atoms with Crippen LogP contribution in [-0.2, 0) is 11.3 Å². The number of nitrogens with zero attached hydrogens (tertiary/aromatic N) is 2. The molecule has 140 valence electrons. The van der Waals surface area contributed by atoms with Gasteiger partial charge < -0.3 is 14.8 Å². The van der Waals surface area contributed by atoms with E-state index in [1.807, 2.05) is 29.0 Å². The van der Waals surface area contributed by atoms with Crippen LogP contribution in [0.4, 0.5) is 0 Å². The minimum absolute atomic E-state index is 0.00562. The molecule has 1 N–H and O–H groups in total. The number of fused-ring (bicyclic) bond motifs is 3. The Morgan fingerprint density at radius 1 is 1.35 bits per heavy atom. The second kappa shape index (κ2) is 6.72. The largest absolute Gasteiger partial charge is 0.351 e. The maximum Gasteiger partial charge on any atom is 0.271 e. The normalized spacial score (nSPS) is 24.1. The van der Waals surface area contributed by atoms with Gasteiger partial charge in [-0.25, -0.2) is 0 Å². The van der Waals surface area contributed by atoms with E-state index in [0.29, 0.717) is 18.8 Å². The van der Waals surface area contributed by atoms with Gasteiger partial charge in [-0.2, -0.15) is 0 Å². The maximum atomic E-state index is 13.3. The lowest BCUT2D eigenvalue weighted by Crippen LogP contribution is -2.65. The Bertz CT molecular complexity index is 833. The highest BCUT2D eigenvalue weighted by Crippen LogP contribution is 2.34. The van der Waals surface area contributed by atoms with Crippen LogP contribution >= 0.6 is 11.3 Å². The van der Waals surface area contributed by atoms with Crippen molar-refractivity contribution in [2.75, 3.05) is 6.54 Å². The topological polar surface area (TPSA) is 54.3 Å². The molecule has 5 nitrogen and oxygen atoms in total. The smallest absolute Gasteiger partial charge is 0.271 e. The van der Waals surface area contributed by atoms with Crippen LogP contribution in [-0.4, -0.2) is 39.4 Å². The summed E-state index contributed by atoms with van der Waals surface area (Å²) >= 11 is 1.64. The van der Waals surface area contributed by atoms with Crippen LogP contribution in [0.2, 0.25) is 0 Å². The predicted octanol–water partition coefficient (Wildman–Crippen LogP) is 3.78. The highest BCUT2D eigenvalue weighted by Gasteiger charge is 2.47. The first-order valence-corrected chi connectivity index (χ1v) is 10.6. The molecule has 0 unspecified atom stereocenters. The quantitative estimate of drug-likeness (QED) is 0.887. The summed E-state index contributed by atoms with van der Waals surface area (Å²) in [6.45, 7) is 5.11. The first-order chi connectivity index (χ1) is 12.5. The SMILES string of the molecule is CCCN1C(=O)c2cc3sccc3n2C[C@]1(C)C(=O)NC1CCCCC1. The zero-order valence-corrected chi connectivity index (χ0v) is 16.4. The molecule has 0 aromatic carbocycles. The number of amides is 2. The van der Waals surface area contributed by atoms with E-state index in [-0.39, 0.29) is 17.9 Å². The maximum absolute atomic E-state index is 13.3. The van der Waals surface area contributed by atoms with Crippen molar-refractivity contribution in [3.63, 3.8) is 0 Å². The van der Waals surface area contributed by atoms with Gasteiger partial charge in [-0.1, -0.05) is 26.2 Å². The fourth-order valence-corrected chi connectivity index (χ4v) is 5.26. The lowest BCUT2D eigenvalue weighted by atomic mass is 9.91. The van der Waals surface area contributed by atoms with Gasteiger partial charge in [0, 0.05) is 12.6 Å². The standard InChI is InChI=1S/C20H27N3O2S/c1-3-10-23-18(24)16-12-17-15(9-11-26-17)22(16)13-20(23,2)19(25)21-14-7-5-4-6-8-14/h9,11-12,14H,3-8,10,13H2,1-2H3,(H,21,25)/t20-/m1/s1. The summed E-state index contributed by atoms with van der Waals surface area (Å²) in [5, 5.41) is 5.30. The third kappa shape index (κ3) is 2.75. The lowest BCUT2D eigenvalue weighted by molar-refractivity contribution is -0.133. The summed E-state index contributed by atoms with van der Waals surface area (Å²) in [5.41, 5.74) is 0.931. The number of aromatic nitrogens is 1. The minimum atomic E-state index is -0.842. The Morgan fingerprint density at radius 2 is 2.12 bits per heavy atom. The lowest BCUT2D eigenvalue weighted by Gasteiger charge is -2.44. The summed E-state index contributed by atoms with van der Waals surface area (Å²) in [6.07, 6.45) is 6.55. The van der Waals surface area contributed by atoms with E-state index in [1.54, 1.807) is 16.2 Å². The highest BCUT2D eigenvalue weighted by atomic mass is 32.1. The Morgan fingerprint density at radius 3 is 2.85 bits per heavy atom. The number of carbonyl (C=O) groups is 2. The van der Waals surface area contributed by atoms with Crippen LogP contribution in [0.3, 0.4) is 0 Å². The van der Waals surface area contributed by atoms with Gasteiger partial charge in [0.1, 0.15) is 11.2 Å². The van der Waals surface area contributed by atoms with Gasteiger partial charge >= 0.3 is 0 Å². The molecule has 6 heteroatoms. The van der Waals surface area contributed by atoms with E-state index in [1.165, 1.54) is 19.3 Å². The molecule has 2 amide bonds. The molecule has 2 aliphatic rings. The minimum Gasteiger partial charge on any atom is -0.351 e. The molecule has 1 aliphatic heterocycles. The molecule has 2 aromatic rings. The molecule has 1 aliphatic carbocycles. The van der Waals surface area contributed by atoms with Gasteiger partial charge in [0.2, 0.25) is 5.91 Å². The first kappa shape index (κ1) is 17.6. The molecule has 0 radical (unpaired) electrons. The summed E-state index contributed by atoms with van der Waals surface area (Å²) in [6, 6.07) is 4.27. The van der Waals surface area contributed by atoms with Crippen LogP contribution in [0.1, 0.15) is 62.9 Å². The van der Waals surface area contributed by atoms with E-state index in [4.69, 9.17) is 0 Å². The van der Waals surface area contributed by atoms with Gasteiger partial charge in [-0.15, -0.1) is 11.3 Å². The zero-order chi connectivity index (χ0) is 18.3. The molecule has 1 atom stereocenters. The third-order valence-electron chi connectivity index (χ3n) is 5.93. The Hall–Kier alpha value is -1.82. The first-order valence-electron chi connectivity index (χ1n) is 9.74.